The molecule has 110 valence electrons. The van der Waals surface area contributed by atoms with Crippen molar-refractivity contribution in [3.63, 3.8) is 0 Å². The number of hydrogen-bond donors (Lipinski definition) is 0. The minimum Gasteiger partial charge on any atom is -0.289 e. The minimum atomic E-state index is -4.58. The lowest BCUT2D eigenvalue weighted by Crippen LogP contribution is -2.14. The molecule has 0 N–H and O–H groups in total. The van der Waals surface area contributed by atoms with E-state index in [9.17, 15) is 18.0 Å². The fourth-order valence-corrected chi connectivity index (χ4v) is 2.52. The van der Waals surface area contributed by atoms with Gasteiger partial charge in [-0.3, -0.25) is 4.79 Å². The average molecular weight is 357 g/mol. The standard InChI is InChI=1S/C16H12BrF3O/c1-9-3-5-12(10(2)7-9)15(21)13-6-4-11(17)8-14(13)16(18,19)20/h3-8H,1-2H3. The van der Waals surface area contributed by atoms with E-state index in [0.29, 0.717) is 5.56 Å². The van der Waals surface area contributed by atoms with Gasteiger partial charge in [-0.15, -0.1) is 0 Å². The maximum absolute atomic E-state index is 13.1. The molecule has 0 atom stereocenters. The molecule has 0 aliphatic heterocycles. The third-order valence-corrected chi connectivity index (χ3v) is 3.65. The molecule has 0 saturated heterocycles. The molecule has 21 heavy (non-hydrogen) atoms. The van der Waals surface area contributed by atoms with Gasteiger partial charge in [0, 0.05) is 15.6 Å². The van der Waals surface area contributed by atoms with Gasteiger partial charge in [-0.1, -0.05) is 39.7 Å². The molecule has 2 aromatic rings. The zero-order valence-corrected chi connectivity index (χ0v) is 13.0. The minimum absolute atomic E-state index is 0.284. The van der Waals surface area contributed by atoms with Gasteiger partial charge in [0.05, 0.1) is 5.56 Å². The van der Waals surface area contributed by atoms with Crippen molar-refractivity contribution in [1.82, 2.24) is 0 Å². The molecule has 0 radical (unpaired) electrons. The van der Waals surface area contributed by atoms with Crippen LogP contribution >= 0.6 is 15.9 Å². The van der Waals surface area contributed by atoms with Gasteiger partial charge in [0.2, 0.25) is 0 Å². The molecule has 1 nitrogen and oxygen atoms in total. The normalized spacial score (nSPS) is 11.5. The number of carbonyl (C=O) groups excluding carboxylic acids is 1. The van der Waals surface area contributed by atoms with Crippen LogP contribution in [0.4, 0.5) is 13.2 Å². The monoisotopic (exact) mass is 356 g/mol. The summed E-state index contributed by atoms with van der Waals surface area (Å²) in [6, 6.07) is 8.62. The molecule has 2 aromatic carbocycles. The van der Waals surface area contributed by atoms with Gasteiger partial charge in [0.15, 0.2) is 5.78 Å². The van der Waals surface area contributed by atoms with Crippen LogP contribution < -0.4 is 0 Å². The number of rotatable bonds is 2. The Morgan fingerprint density at radius 1 is 1.00 bits per heavy atom. The first-order chi connectivity index (χ1) is 9.70. The Balaban J connectivity index is 2.59. The summed E-state index contributed by atoms with van der Waals surface area (Å²) >= 11 is 3.01. The number of halogens is 4. The Hall–Kier alpha value is -1.62. The Kier molecular flexibility index (Phi) is 4.23. The highest BCUT2D eigenvalue weighted by molar-refractivity contribution is 9.10. The summed E-state index contributed by atoms with van der Waals surface area (Å²) in [7, 11) is 0. The van der Waals surface area contributed by atoms with Gasteiger partial charge >= 0.3 is 6.18 Å². The van der Waals surface area contributed by atoms with Gasteiger partial charge < -0.3 is 0 Å². The molecule has 0 amide bonds. The van der Waals surface area contributed by atoms with E-state index in [2.05, 4.69) is 15.9 Å². The molecule has 0 unspecified atom stereocenters. The van der Waals surface area contributed by atoms with E-state index in [4.69, 9.17) is 0 Å². The maximum atomic E-state index is 13.1. The van der Waals surface area contributed by atoms with Crippen molar-refractivity contribution in [2.75, 3.05) is 0 Å². The first-order valence-electron chi connectivity index (χ1n) is 6.19. The summed E-state index contributed by atoms with van der Waals surface area (Å²) in [6.45, 7) is 3.58. The van der Waals surface area contributed by atoms with E-state index in [0.717, 1.165) is 11.6 Å². The van der Waals surface area contributed by atoms with Crippen LogP contribution in [-0.4, -0.2) is 5.78 Å². The van der Waals surface area contributed by atoms with Crippen molar-refractivity contribution < 1.29 is 18.0 Å². The SMILES string of the molecule is Cc1ccc(C(=O)c2ccc(Br)cc2C(F)(F)F)c(C)c1. The number of benzene rings is 2. The molecular weight excluding hydrogens is 345 g/mol. The largest absolute Gasteiger partial charge is 0.417 e. The molecule has 0 heterocycles. The average Bonchev–Trinajstić information content (AvgIpc) is 2.37. The number of ketones is 1. The highest BCUT2D eigenvalue weighted by Gasteiger charge is 2.35. The molecule has 0 spiro atoms. The van der Waals surface area contributed by atoms with Crippen LogP contribution in [0.3, 0.4) is 0 Å². The summed E-state index contributed by atoms with van der Waals surface area (Å²) in [5, 5.41) is 0. The van der Waals surface area contributed by atoms with Crippen LogP contribution in [0.25, 0.3) is 0 Å². The number of carbonyl (C=O) groups is 1. The second kappa shape index (κ2) is 5.64. The summed E-state index contributed by atoms with van der Waals surface area (Å²) in [4.78, 5) is 12.4. The quantitative estimate of drug-likeness (QED) is 0.666. The van der Waals surface area contributed by atoms with Crippen molar-refractivity contribution in [2.24, 2.45) is 0 Å². The molecule has 0 saturated carbocycles. The number of hydrogen-bond acceptors (Lipinski definition) is 1. The Morgan fingerprint density at radius 3 is 2.19 bits per heavy atom. The van der Waals surface area contributed by atoms with E-state index in [1.54, 1.807) is 25.1 Å². The molecule has 0 aliphatic carbocycles. The van der Waals surface area contributed by atoms with Gasteiger partial charge in [-0.2, -0.15) is 13.2 Å². The van der Waals surface area contributed by atoms with E-state index < -0.39 is 17.5 Å². The fraction of sp³-hybridized carbons (Fsp3) is 0.188. The predicted octanol–water partition coefficient (Wildman–Crippen LogP) is 5.32. The van der Waals surface area contributed by atoms with E-state index in [-0.39, 0.29) is 15.6 Å². The number of aryl methyl sites for hydroxylation is 2. The summed E-state index contributed by atoms with van der Waals surface area (Å²) in [5.41, 5.74) is 0.639. The van der Waals surface area contributed by atoms with Crippen LogP contribution in [0.15, 0.2) is 40.9 Å². The van der Waals surface area contributed by atoms with Gasteiger partial charge in [-0.25, -0.2) is 0 Å². The molecule has 0 aliphatic rings. The van der Waals surface area contributed by atoms with Gasteiger partial charge in [0.1, 0.15) is 0 Å². The second-order valence-corrected chi connectivity index (χ2v) is 5.75. The smallest absolute Gasteiger partial charge is 0.289 e. The lowest BCUT2D eigenvalue weighted by Gasteiger charge is -2.14. The van der Waals surface area contributed by atoms with Crippen molar-refractivity contribution in [2.45, 2.75) is 20.0 Å². The zero-order chi connectivity index (χ0) is 15.8. The van der Waals surface area contributed by atoms with Gasteiger partial charge in [0.25, 0.3) is 0 Å². The van der Waals surface area contributed by atoms with Crippen LogP contribution in [0.5, 0.6) is 0 Å². The van der Waals surface area contributed by atoms with E-state index in [1.807, 2.05) is 6.92 Å². The second-order valence-electron chi connectivity index (χ2n) is 4.84. The molecule has 0 aromatic heterocycles. The Labute approximate surface area is 128 Å². The summed E-state index contributed by atoms with van der Waals surface area (Å²) in [5.74, 6) is -0.618. The molecule has 0 bridgehead atoms. The van der Waals surface area contributed by atoms with Crippen molar-refractivity contribution in [1.29, 1.82) is 0 Å². The van der Waals surface area contributed by atoms with Crippen molar-refractivity contribution in [3.8, 4) is 0 Å². The van der Waals surface area contributed by atoms with Crippen LogP contribution in [0.2, 0.25) is 0 Å². The number of alkyl halides is 3. The molecular formula is C16H12BrF3O. The lowest BCUT2D eigenvalue weighted by molar-refractivity contribution is -0.137. The maximum Gasteiger partial charge on any atom is 0.417 e. The van der Waals surface area contributed by atoms with Crippen molar-refractivity contribution in [3.05, 3.63) is 68.7 Å². The topological polar surface area (TPSA) is 17.1 Å². The highest BCUT2D eigenvalue weighted by Crippen LogP contribution is 2.35. The lowest BCUT2D eigenvalue weighted by atomic mass is 9.94. The van der Waals surface area contributed by atoms with Crippen LogP contribution in [-0.2, 0) is 6.18 Å². The summed E-state index contributed by atoms with van der Waals surface area (Å²) in [6.07, 6.45) is -4.58. The molecule has 5 heteroatoms. The highest BCUT2D eigenvalue weighted by atomic mass is 79.9. The third-order valence-electron chi connectivity index (χ3n) is 3.16. The molecule has 2 rings (SSSR count). The van der Waals surface area contributed by atoms with Crippen LogP contribution in [0, 0.1) is 13.8 Å². The van der Waals surface area contributed by atoms with Crippen LogP contribution in [0.1, 0.15) is 32.6 Å². The fourth-order valence-electron chi connectivity index (χ4n) is 2.16. The Bertz CT molecular complexity index is 705. The third kappa shape index (κ3) is 3.35. The van der Waals surface area contributed by atoms with Gasteiger partial charge in [-0.05, 0) is 37.6 Å². The molecule has 0 fully saturated rings. The van der Waals surface area contributed by atoms with E-state index >= 15 is 0 Å². The first-order valence-corrected chi connectivity index (χ1v) is 6.98. The summed E-state index contributed by atoms with van der Waals surface area (Å²) < 4.78 is 39.6. The Morgan fingerprint density at radius 2 is 1.62 bits per heavy atom. The van der Waals surface area contributed by atoms with Crippen molar-refractivity contribution >= 4 is 21.7 Å². The predicted molar refractivity (Wildman–Crippen MR) is 78.5 cm³/mol. The first kappa shape index (κ1) is 15.8. The zero-order valence-electron chi connectivity index (χ0n) is 11.4. The van der Waals surface area contributed by atoms with E-state index in [1.165, 1.54) is 12.1 Å².